The number of hydrogen-bond acceptors (Lipinski definition) is 2. The first-order chi connectivity index (χ1) is 12.9. The van der Waals surface area contributed by atoms with Crippen molar-refractivity contribution < 1.29 is 0 Å². The predicted molar refractivity (Wildman–Crippen MR) is 104 cm³/mol. The van der Waals surface area contributed by atoms with Crippen LogP contribution in [-0.4, -0.2) is 19.5 Å². The highest BCUT2D eigenvalue weighted by Crippen LogP contribution is 2.31. The molecule has 2 rings (SSSR count). The third-order valence-corrected chi connectivity index (χ3v) is 4.33. The Balaban J connectivity index is 0.000000271. The zero-order valence-electron chi connectivity index (χ0n) is 16.2. The van der Waals surface area contributed by atoms with Gasteiger partial charge in [0.15, 0.2) is 0 Å². The van der Waals surface area contributed by atoms with Gasteiger partial charge >= 0.3 is 0 Å². The molecule has 0 aromatic carbocycles. The van der Waals surface area contributed by atoms with E-state index in [1.165, 1.54) is 0 Å². The van der Waals surface area contributed by atoms with Crippen LogP contribution in [0, 0.1) is 26.3 Å². The molecular weight excluding hydrogens is 340 g/mol. The molecule has 138 valence electrons. The van der Waals surface area contributed by atoms with E-state index in [4.69, 9.17) is 26.3 Å². The first kappa shape index (κ1) is 21.4. The van der Waals surface area contributed by atoms with Gasteiger partial charge in [0.2, 0.25) is 0 Å². The first-order valence-corrected chi connectivity index (χ1v) is 8.54. The van der Waals surface area contributed by atoms with Crippen LogP contribution < -0.4 is 0 Å². The summed E-state index contributed by atoms with van der Waals surface area (Å²) in [7, 11) is 1.79. The molecule has 0 radical (unpaired) electrons. The van der Waals surface area contributed by atoms with Crippen LogP contribution in [0.15, 0.2) is 0 Å². The lowest BCUT2D eigenvalue weighted by Crippen LogP contribution is -2.01. The van der Waals surface area contributed by atoms with Crippen LogP contribution >= 0.6 is 0 Å². The van der Waals surface area contributed by atoms with Gasteiger partial charge in [0.05, 0.1) is 18.9 Å². The molecule has 0 fully saturated rings. The molecule has 2 aromatic heterocycles. The topological polar surface area (TPSA) is 63.9 Å². The zero-order chi connectivity index (χ0) is 20.6. The van der Waals surface area contributed by atoms with E-state index in [0.29, 0.717) is 5.82 Å². The van der Waals surface area contributed by atoms with E-state index in [9.17, 15) is 0 Å². The lowest BCUT2D eigenvalue weighted by atomic mass is 10.1. The van der Waals surface area contributed by atoms with Gasteiger partial charge < -0.3 is 19.4 Å². The highest BCUT2D eigenvalue weighted by molar-refractivity contribution is 5.63. The van der Waals surface area contributed by atoms with Crippen molar-refractivity contribution in [3.05, 3.63) is 57.3 Å². The number of H-pyrrole nitrogens is 1. The fourth-order valence-corrected chi connectivity index (χ4v) is 2.27. The number of aromatic amines is 1. The molecule has 0 spiro atoms. The Labute approximate surface area is 160 Å². The van der Waals surface area contributed by atoms with Gasteiger partial charge in [-0.1, -0.05) is 64.0 Å². The van der Waals surface area contributed by atoms with E-state index in [0.717, 1.165) is 24.5 Å². The Kier molecular flexibility index (Phi) is 7.74. The van der Waals surface area contributed by atoms with Crippen molar-refractivity contribution in [3.8, 4) is 0 Å². The number of imidazole rings is 2. The average Bonchev–Trinajstić information content (AvgIpc) is 3.27. The van der Waals surface area contributed by atoms with Crippen molar-refractivity contribution in [1.29, 1.82) is 0 Å². The summed E-state index contributed by atoms with van der Waals surface area (Å²) in [6, 6.07) is 0. The van der Waals surface area contributed by atoms with Gasteiger partial charge in [-0.15, -0.1) is 0 Å². The summed E-state index contributed by atoms with van der Waals surface area (Å²) in [6.45, 7) is 35.6. The lowest BCUT2D eigenvalue weighted by Gasteiger charge is -2.01. The Bertz CT molecular complexity index is 921. The maximum absolute atomic E-state index is 6.96. The second-order valence-corrected chi connectivity index (χ2v) is 6.04. The third-order valence-electron chi connectivity index (χ3n) is 4.33. The van der Waals surface area contributed by atoms with E-state index in [-0.39, 0.29) is 29.3 Å². The van der Waals surface area contributed by atoms with E-state index in [2.05, 4.69) is 41.3 Å². The van der Waals surface area contributed by atoms with Gasteiger partial charge in [0, 0.05) is 0 Å². The fraction of sp³-hybridized carbons (Fsp3) is 0.474. The smallest absolute Gasteiger partial charge is 0.293 e. The van der Waals surface area contributed by atoms with Gasteiger partial charge in [-0.05, 0) is 12.8 Å². The van der Waals surface area contributed by atoms with Crippen LogP contribution in [0.4, 0.5) is 23.3 Å². The molecule has 0 bridgehead atoms. The maximum atomic E-state index is 6.96. The molecule has 0 aliphatic rings. The minimum atomic E-state index is 0.185. The molecule has 0 saturated carbocycles. The molecule has 2 unspecified atom stereocenters. The van der Waals surface area contributed by atoms with E-state index < -0.39 is 0 Å². The van der Waals surface area contributed by atoms with Crippen molar-refractivity contribution >= 4 is 23.3 Å². The summed E-state index contributed by atoms with van der Waals surface area (Å²) < 4.78 is 1.72. The molecular formula is C19H22N8. The molecule has 8 heteroatoms. The molecule has 2 aromatic rings. The van der Waals surface area contributed by atoms with E-state index in [1.807, 2.05) is 20.8 Å². The van der Waals surface area contributed by atoms with Crippen LogP contribution in [0.2, 0.25) is 0 Å². The molecule has 0 saturated heterocycles. The monoisotopic (exact) mass is 362 g/mol. The summed E-state index contributed by atoms with van der Waals surface area (Å²) in [5.74, 6) is 3.12. The van der Waals surface area contributed by atoms with Crippen molar-refractivity contribution in [1.82, 2.24) is 19.5 Å². The molecule has 27 heavy (non-hydrogen) atoms. The van der Waals surface area contributed by atoms with Crippen LogP contribution in [0.1, 0.15) is 64.0 Å². The minimum absolute atomic E-state index is 0.185. The highest BCUT2D eigenvalue weighted by atomic mass is 15.2. The van der Waals surface area contributed by atoms with Gasteiger partial charge in [-0.25, -0.2) is 0 Å². The Morgan fingerprint density at radius 3 is 1.85 bits per heavy atom. The van der Waals surface area contributed by atoms with Gasteiger partial charge in [0.1, 0.15) is 0 Å². The number of aromatic nitrogens is 4. The third kappa shape index (κ3) is 4.72. The molecule has 8 nitrogen and oxygen atoms in total. The molecule has 2 atom stereocenters. The number of nitrogens with one attached hydrogen (secondary N) is 1. The Morgan fingerprint density at radius 1 is 0.889 bits per heavy atom. The van der Waals surface area contributed by atoms with Crippen molar-refractivity contribution in [2.45, 2.75) is 52.4 Å². The SMILES string of the molecule is [C-]#[N+]c1nc(C(C)CC)[nH]c1[N+]#[C-].[C-]#[N+]c1nc(C(C)CC)n(C)c1[N+]#[C-]. The van der Waals surface area contributed by atoms with Gasteiger partial charge in [-0.3, -0.25) is 9.55 Å². The molecule has 1 N–H and O–H groups in total. The summed E-state index contributed by atoms with van der Waals surface area (Å²) in [5, 5.41) is 0. The normalized spacial score (nSPS) is 11.7. The highest BCUT2D eigenvalue weighted by Gasteiger charge is 2.23. The Morgan fingerprint density at radius 2 is 1.48 bits per heavy atom. The molecule has 0 aliphatic heterocycles. The quantitative estimate of drug-likeness (QED) is 0.672. The van der Waals surface area contributed by atoms with Crippen LogP contribution in [0.25, 0.3) is 19.4 Å². The summed E-state index contributed by atoms with van der Waals surface area (Å²) in [4.78, 5) is 24.0. The van der Waals surface area contributed by atoms with Gasteiger partial charge in [0.25, 0.3) is 34.9 Å². The fourth-order valence-electron chi connectivity index (χ4n) is 2.27. The van der Waals surface area contributed by atoms with Crippen LogP contribution in [0.5, 0.6) is 0 Å². The van der Waals surface area contributed by atoms with Crippen LogP contribution in [0.3, 0.4) is 0 Å². The van der Waals surface area contributed by atoms with Crippen molar-refractivity contribution in [3.63, 3.8) is 0 Å². The van der Waals surface area contributed by atoms with Gasteiger partial charge in [-0.2, -0.15) is 0 Å². The van der Waals surface area contributed by atoms with Crippen LogP contribution in [-0.2, 0) is 7.05 Å². The minimum Gasteiger partial charge on any atom is -0.373 e. The standard InChI is InChI=1S/C10H12N4.C9H10N4/c1-6-7(2)9-13-8(11-3)10(12-4)14(9)5;1-5-6(2)7-12-8(10-3)9(11-4)13-7/h7H,6H2,1-2,5H3;6H,5H2,1-2H3,(H,12,13). The maximum Gasteiger partial charge on any atom is 0.293 e. The Hall–Kier alpha value is -3.62. The van der Waals surface area contributed by atoms with Crippen molar-refractivity contribution in [2.24, 2.45) is 7.05 Å². The molecule has 0 amide bonds. The lowest BCUT2D eigenvalue weighted by molar-refractivity contribution is 0.645. The number of hydrogen-bond donors (Lipinski definition) is 1. The first-order valence-electron chi connectivity index (χ1n) is 8.54. The predicted octanol–water partition coefficient (Wildman–Crippen LogP) is 6.06. The second kappa shape index (κ2) is 9.76. The summed E-state index contributed by atoms with van der Waals surface area (Å²) in [6.07, 6.45) is 1.90. The average molecular weight is 362 g/mol. The summed E-state index contributed by atoms with van der Waals surface area (Å²) >= 11 is 0. The second-order valence-electron chi connectivity index (χ2n) is 6.04. The summed E-state index contributed by atoms with van der Waals surface area (Å²) in [5.41, 5.74) is 0. The molecule has 2 heterocycles. The van der Waals surface area contributed by atoms with E-state index in [1.54, 1.807) is 11.6 Å². The largest absolute Gasteiger partial charge is 0.373 e. The number of nitrogens with zero attached hydrogens (tertiary/aromatic N) is 7. The van der Waals surface area contributed by atoms with E-state index >= 15 is 0 Å². The zero-order valence-corrected chi connectivity index (χ0v) is 16.2. The number of rotatable bonds is 4. The van der Waals surface area contributed by atoms with Crippen molar-refractivity contribution in [2.75, 3.05) is 0 Å². The molecule has 0 aliphatic carbocycles.